The van der Waals surface area contributed by atoms with Crippen molar-refractivity contribution in [2.75, 3.05) is 0 Å². The summed E-state index contributed by atoms with van der Waals surface area (Å²) < 4.78 is 6.40. The van der Waals surface area contributed by atoms with Crippen LogP contribution >= 0.6 is 0 Å². The Morgan fingerprint density at radius 3 is 2.33 bits per heavy atom. The third-order valence-electron chi connectivity index (χ3n) is 4.45. The third kappa shape index (κ3) is 8.44. The van der Waals surface area contributed by atoms with Crippen molar-refractivity contribution in [3.63, 3.8) is 0 Å². The molecule has 14 heteroatoms. The molecule has 150 valence electrons. The van der Waals surface area contributed by atoms with Gasteiger partial charge in [0.2, 0.25) is 0 Å². The van der Waals surface area contributed by atoms with E-state index in [4.69, 9.17) is 4.74 Å². The van der Waals surface area contributed by atoms with Crippen LogP contribution in [0.4, 0.5) is 0 Å². The molecule has 0 amide bonds. The Balaban J connectivity index is 0. The van der Waals surface area contributed by atoms with Crippen molar-refractivity contribution in [1.29, 1.82) is 0 Å². The minimum Gasteiger partial charge on any atom is -0.858 e. The van der Waals surface area contributed by atoms with Gasteiger partial charge in [0.15, 0.2) is 6.23 Å². The maximum Gasteiger partial charge on any atom is 1.00 e. The molecule has 0 spiro atoms. The summed E-state index contributed by atoms with van der Waals surface area (Å²) in [5, 5.41) is 52.6. The normalized spacial score (nSPS) is 23.4. The number of carboxylic acids is 2. The Morgan fingerprint density at radius 1 is 1.17 bits per heavy atom. The van der Waals surface area contributed by atoms with E-state index in [-0.39, 0.29) is 69.4 Å². The molecule has 1 aromatic rings. The SMILES string of the molecule is O=C([O-])CC(CCCC[C@H]1O[C@@H](n2ccc([O-])nc2=O)[C@H](O)[C@@H]1O)C(=O)[O-].[Li+].[Li+].[Li+]. The number of ether oxygens (including phenoxy) is 1. The molecular weight excluding hydrogens is 385 g/mol. The Hall–Kier alpha value is -0.708. The number of unbranched alkanes of at least 4 members (excludes halogenated alkanes) is 1. The first-order valence-electron chi connectivity index (χ1n) is 8.39. The van der Waals surface area contributed by atoms with Crippen LogP contribution in [-0.2, 0) is 14.3 Å². The van der Waals surface area contributed by atoms with E-state index in [9.17, 15) is 39.9 Å². The van der Waals surface area contributed by atoms with Crippen LogP contribution in [0.5, 0.6) is 5.88 Å². The van der Waals surface area contributed by atoms with Crippen LogP contribution in [0.3, 0.4) is 0 Å². The molecule has 1 fully saturated rings. The number of hydrogen-bond acceptors (Lipinski definition) is 10. The van der Waals surface area contributed by atoms with Crippen molar-refractivity contribution in [3.05, 3.63) is 22.7 Å². The maximum absolute atomic E-state index is 11.7. The maximum atomic E-state index is 11.7. The van der Waals surface area contributed by atoms with Gasteiger partial charge < -0.3 is 39.9 Å². The van der Waals surface area contributed by atoms with Crippen molar-refractivity contribution in [1.82, 2.24) is 9.55 Å². The number of hydrogen-bond donors (Lipinski definition) is 2. The first-order valence-corrected chi connectivity index (χ1v) is 8.39. The second-order valence-electron chi connectivity index (χ2n) is 6.38. The summed E-state index contributed by atoms with van der Waals surface area (Å²) in [6, 6.07) is 1.02. The van der Waals surface area contributed by atoms with Crippen LogP contribution < -0.4 is 77.6 Å². The molecule has 0 saturated carbocycles. The average Bonchev–Trinajstić information content (AvgIpc) is 2.85. The zero-order valence-electron chi connectivity index (χ0n) is 17.2. The Kier molecular flexibility index (Phi) is 15.1. The van der Waals surface area contributed by atoms with Gasteiger partial charge in [0.25, 0.3) is 0 Å². The van der Waals surface area contributed by atoms with Gasteiger partial charge >= 0.3 is 62.3 Å². The van der Waals surface area contributed by atoms with Gasteiger partial charge in [-0.15, -0.1) is 0 Å². The molecule has 0 aromatic carbocycles. The zero-order valence-corrected chi connectivity index (χ0v) is 17.2. The van der Waals surface area contributed by atoms with E-state index in [1.165, 1.54) is 0 Å². The Bertz CT molecular complexity index is 749. The second kappa shape index (κ2) is 14.4. The number of aliphatic hydroxyl groups excluding tert-OH is 2. The van der Waals surface area contributed by atoms with Crippen LogP contribution in [0.1, 0.15) is 38.3 Å². The molecule has 1 aromatic heterocycles. The number of aliphatic carboxylic acids is 2. The summed E-state index contributed by atoms with van der Waals surface area (Å²) in [7, 11) is 0. The molecule has 0 radical (unpaired) electrons. The number of carbonyl (C=O) groups excluding carboxylic acids is 2. The van der Waals surface area contributed by atoms with Crippen molar-refractivity contribution >= 4 is 11.9 Å². The van der Waals surface area contributed by atoms with Gasteiger partial charge in [-0.1, -0.05) is 12.8 Å². The van der Waals surface area contributed by atoms with Gasteiger partial charge in [0, 0.05) is 24.1 Å². The van der Waals surface area contributed by atoms with Gasteiger partial charge in [0.1, 0.15) is 12.2 Å². The standard InChI is InChI=1S/C16H22N2O9.3Li/c19-10-5-6-18(16(26)17-10)14-13(23)12(22)9(27-14)4-2-1-3-8(15(24)25)7-11(20)21;;;/h5-6,8-9,12-14,22-23H,1-4,7H2,(H,20,21)(H,24,25)(H,17,19,26);;;/q;3*+1/p-3/t8?,9-,12-,13-,14-;;;/m1.../s1. The number of rotatable bonds is 9. The van der Waals surface area contributed by atoms with Gasteiger partial charge in [-0.05, 0) is 31.2 Å². The summed E-state index contributed by atoms with van der Waals surface area (Å²) >= 11 is 0. The van der Waals surface area contributed by atoms with Gasteiger partial charge in [-0.25, -0.2) is 9.78 Å². The smallest absolute Gasteiger partial charge is 0.858 e. The Labute approximate surface area is 208 Å². The van der Waals surface area contributed by atoms with Crippen LogP contribution in [0.15, 0.2) is 17.1 Å². The monoisotopic (exact) mass is 404 g/mol. The summed E-state index contributed by atoms with van der Waals surface area (Å²) in [5.41, 5.74) is -0.918. The summed E-state index contributed by atoms with van der Waals surface area (Å²) in [6.07, 6.45) is -3.28. The molecule has 1 saturated heterocycles. The largest absolute Gasteiger partial charge is 1.00 e. The van der Waals surface area contributed by atoms with E-state index < -0.39 is 60.4 Å². The molecule has 5 atom stereocenters. The molecule has 2 rings (SSSR count). The van der Waals surface area contributed by atoms with Crippen LogP contribution in [0.2, 0.25) is 0 Å². The molecular formula is C16H19Li3N2O9. The molecule has 0 aliphatic carbocycles. The van der Waals surface area contributed by atoms with Crippen molar-refractivity contribution in [2.24, 2.45) is 5.92 Å². The van der Waals surface area contributed by atoms with Gasteiger partial charge in [-0.2, -0.15) is 0 Å². The first-order chi connectivity index (χ1) is 12.7. The van der Waals surface area contributed by atoms with E-state index in [1.807, 2.05) is 0 Å². The number of carboxylic acid groups (broad SMARTS) is 2. The van der Waals surface area contributed by atoms with Crippen molar-refractivity contribution in [3.8, 4) is 5.88 Å². The second-order valence-corrected chi connectivity index (χ2v) is 6.38. The van der Waals surface area contributed by atoms with Crippen molar-refractivity contribution < 1.29 is 96.4 Å². The number of carbonyl (C=O) groups is 2. The first kappa shape index (κ1) is 31.5. The molecule has 2 heterocycles. The molecule has 0 bridgehead atoms. The minimum atomic E-state index is -1.48. The number of aliphatic hydroxyl groups is 2. The van der Waals surface area contributed by atoms with E-state index in [0.29, 0.717) is 12.8 Å². The average molecular weight is 404 g/mol. The fourth-order valence-corrected chi connectivity index (χ4v) is 3.03. The molecule has 30 heavy (non-hydrogen) atoms. The molecule has 11 nitrogen and oxygen atoms in total. The zero-order chi connectivity index (χ0) is 20.1. The topological polar surface area (TPSA) is 188 Å². The fraction of sp³-hybridized carbons (Fsp3) is 0.625. The number of aromatic nitrogens is 2. The molecule has 1 unspecified atom stereocenters. The molecule has 2 N–H and O–H groups in total. The summed E-state index contributed by atoms with van der Waals surface area (Å²) in [5.74, 6) is -4.86. The molecule has 1 aliphatic heterocycles. The van der Waals surface area contributed by atoms with E-state index in [1.54, 1.807) is 0 Å². The van der Waals surface area contributed by atoms with Crippen LogP contribution in [0.25, 0.3) is 0 Å². The minimum absolute atomic E-state index is 0. The summed E-state index contributed by atoms with van der Waals surface area (Å²) in [6.45, 7) is 0. The third-order valence-corrected chi connectivity index (χ3v) is 4.45. The molecule has 1 aliphatic rings. The van der Waals surface area contributed by atoms with Crippen LogP contribution in [-0.4, -0.2) is 50.0 Å². The fourth-order valence-electron chi connectivity index (χ4n) is 3.03. The van der Waals surface area contributed by atoms with E-state index in [0.717, 1.165) is 16.8 Å². The quantitative estimate of drug-likeness (QED) is 0.295. The Morgan fingerprint density at radius 2 is 1.80 bits per heavy atom. The predicted molar refractivity (Wildman–Crippen MR) is 80.5 cm³/mol. The van der Waals surface area contributed by atoms with E-state index in [2.05, 4.69) is 4.98 Å². The van der Waals surface area contributed by atoms with Crippen LogP contribution in [0, 0.1) is 5.92 Å². The van der Waals surface area contributed by atoms with E-state index >= 15 is 0 Å². The van der Waals surface area contributed by atoms with Crippen molar-refractivity contribution in [2.45, 2.75) is 56.6 Å². The van der Waals surface area contributed by atoms with Gasteiger partial charge in [-0.3, -0.25) is 4.57 Å². The van der Waals surface area contributed by atoms with Gasteiger partial charge in [0.05, 0.1) is 6.10 Å². The number of nitrogens with zero attached hydrogens (tertiary/aromatic N) is 2. The summed E-state index contributed by atoms with van der Waals surface area (Å²) in [4.78, 5) is 36.3. The predicted octanol–water partition coefficient (Wildman–Crippen LogP) is -13.0.